The molecule has 0 unspecified atom stereocenters. The van der Waals surface area contributed by atoms with Crippen molar-refractivity contribution in [2.24, 2.45) is 5.92 Å². The second-order valence-electron chi connectivity index (χ2n) is 7.11. The third kappa shape index (κ3) is 3.72. The minimum absolute atomic E-state index is 0.672. The Labute approximate surface area is 153 Å². The van der Waals surface area contributed by atoms with E-state index in [1.54, 1.807) is 10.8 Å². The zero-order chi connectivity index (χ0) is 17.9. The molecule has 1 fully saturated rings. The van der Waals surface area contributed by atoms with Crippen LogP contribution in [0.1, 0.15) is 37.0 Å². The Bertz CT molecular complexity index is 862. The summed E-state index contributed by atoms with van der Waals surface area (Å²) < 4.78 is 7.46. The van der Waals surface area contributed by atoms with Crippen molar-refractivity contribution in [1.82, 2.24) is 24.7 Å². The number of likely N-dealkylation sites (tertiary alicyclic amines) is 1. The maximum Gasteiger partial charge on any atom is 0.200 e. The van der Waals surface area contributed by atoms with Gasteiger partial charge in [0.05, 0.1) is 17.9 Å². The first-order chi connectivity index (χ1) is 12.7. The molecule has 7 heteroatoms. The van der Waals surface area contributed by atoms with Crippen LogP contribution in [-0.4, -0.2) is 44.3 Å². The maximum atomic E-state index is 5.70. The highest BCUT2D eigenvalue weighted by Crippen LogP contribution is 2.22. The van der Waals surface area contributed by atoms with Crippen LogP contribution in [0.4, 0.5) is 5.69 Å². The molecule has 0 radical (unpaired) electrons. The SMILES string of the molecule is CCc1cc(NCC2CCN(Cc3ccc(C)o3)CC2)c2nncn2n1. The molecule has 138 valence electrons. The fourth-order valence-corrected chi connectivity index (χ4v) is 3.58. The summed E-state index contributed by atoms with van der Waals surface area (Å²) in [6.07, 6.45) is 4.95. The number of aromatic nitrogens is 4. The Morgan fingerprint density at radius 2 is 2.12 bits per heavy atom. The molecule has 0 spiro atoms. The van der Waals surface area contributed by atoms with E-state index < -0.39 is 0 Å². The molecule has 3 aromatic heterocycles. The van der Waals surface area contributed by atoms with Crippen LogP contribution >= 0.6 is 0 Å². The quantitative estimate of drug-likeness (QED) is 0.734. The molecule has 7 nitrogen and oxygen atoms in total. The fourth-order valence-electron chi connectivity index (χ4n) is 3.58. The largest absolute Gasteiger partial charge is 0.465 e. The second kappa shape index (κ2) is 7.45. The van der Waals surface area contributed by atoms with Crippen LogP contribution in [0, 0.1) is 12.8 Å². The minimum Gasteiger partial charge on any atom is -0.465 e. The third-order valence-corrected chi connectivity index (χ3v) is 5.14. The summed E-state index contributed by atoms with van der Waals surface area (Å²) in [5, 5.41) is 16.2. The first-order valence-corrected chi connectivity index (χ1v) is 9.42. The standard InChI is InChI=1S/C19H26N6O/c1-3-16-10-18(19-22-21-13-25(19)23-16)20-11-15-6-8-24(9-7-15)12-17-5-4-14(2)26-17/h4-5,10,13,15,20H,3,6-9,11-12H2,1-2H3. The summed E-state index contributed by atoms with van der Waals surface area (Å²) in [4.78, 5) is 2.48. The number of anilines is 1. The van der Waals surface area contributed by atoms with Gasteiger partial charge in [-0.1, -0.05) is 6.92 Å². The predicted octanol–water partition coefficient (Wildman–Crippen LogP) is 2.91. The van der Waals surface area contributed by atoms with Gasteiger partial charge in [-0.3, -0.25) is 4.90 Å². The van der Waals surface area contributed by atoms with Crippen molar-refractivity contribution in [3.05, 3.63) is 41.7 Å². The topological polar surface area (TPSA) is 71.5 Å². The predicted molar refractivity (Wildman–Crippen MR) is 100 cm³/mol. The molecular weight excluding hydrogens is 328 g/mol. The first kappa shape index (κ1) is 17.0. The number of furan rings is 1. The van der Waals surface area contributed by atoms with Gasteiger partial charge in [0.25, 0.3) is 0 Å². The molecule has 0 saturated carbocycles. The van der Waals surface area contributed by atoms with Crippen molar-refractivity contribution < 1.29 is 4.42 Å². The molecule has 4 heterocycles. The summed E-state index contributed by atoms with van der Waals surface area (Å²) in [6.45, 7) is 8.21. The molecule has 0 aromatic carbocycles. The number of nitrogens with zero attached hydrogens (tertiary/aromatic N) is 5. The van der Waals surface area contributed by atoms with E-state index in [1.165, 1.54) is 12.8 Å². The van der Waals surface area contributed by atoms with Gasteiger partial charge >= 0.3 is 0 Å². The molecule has 1 aliphatic heterocycles. The van der Waals surface area contributed by atoms with E-state index in [9.17, 15) is 0 Å². The van der Waals surface area contributed by atoms with Crippen molar-refractivity contribution in [3.8, 4) is 0 Å². The Morgan fingerprint density at radius 3 is 2.85 bits per heavy atom. The van der Waals surface area contributed by atoms with E-state index in [4.69, 9.17) is 4.42 Å². The molecule has 1 saturated heterocycles. The van der Waals surface area contributed by atoms with Gasteiger partial charge in [-0.05, 0) is 63.4 Å². The highest BCUT2D eigenvalue weighted by Gasteiger charge is 2.20. The van der Waals surface area contributed by atoms with Crippen LogP contribution in [-0.2, 0) is 13.0 Å². The molecule has 1 aliphatic rings. The maximum absolute atomic E-state index is 5.70. The van der Waals surface area contributed by atoms with Gasteiger partial charge in [-0.15, -0.1) is 10.2 Å². The van der Waals surface area contributed by atoms with Crippen LogP contribution in [0.25, 0.3) is 5.65 Å². The second-order valence-corrected chi connectivity index (χ2v) is 7.11. The van der Waals surface area contributed by atoms with Crippen LogP contribution < -0.4 is 5.32 Å². The molecule has 0 bridgehead atoms. The van der Waals surface area contributed by atoms with Gasteiger partial charge < -0.3 is 9.73 Å². The normalized spacial score (nSPS) is 16.4. The van der Waals surface area contributed by atoms with E-state index in [0.29, 0.717) is 5.92 Å². The third-order valence-electron chi connectivity index (χ3n) is 5.14. The summed E-state index contributed by atoms with van der Waals surface area (Å²) in [5.74, 6) is 2.73. The average molecular weight is 354 g/mol. The van der Waals surface area contributed by atoms with Gasteiger partial charge in [0.15, 0.2) is 0 Å². The van der Waals surface area contributed by atoms with E-state index in [1.807, 2.05) is 13.0 Å². The van der Waals surface area contributed by atoms with Crippen LogP contribution in [0.2, 0.25) is 0 Å². The first-order valence-electron chi connectivity index (χ1n) is 9.42. The molecule has 0 aliphatic carbocycles. The van der Waals surface area contributed by atoms with Gasteiger partial charge in [0, 0.05) is 6.54 Å². The highest BCUT2D eigenvalue weighted by molar-refractivity contribution is 5.66. The van der Waals surface area contributed by atoms with E-state index in [0.717, 1.165) is 61.1 Å². The van der Waals surface area contributed by atoms with Gasteiger partial charge in [0.1, 0.15) is 17.8 Å². The number of piperidine rings is 1. The average Bonchev–Trinajstić information content (AvgIpc) is 3.29. The number of hydrogen-bond donors (Lipinski definition) is 1. The monoisotopic (exact) mass is 354 g/mol. The lowest BCUT2D eigenvalue weighted by molar-refractivity contribution is 0.170. The van der Waals surface area contributed by atoms with Crippen LogP contribution in [0.15, 0.2) is 28.9 Å². The fraction of sp³-hybridized carbons (Fsp3) is 0.526. The summed E-state index contributed by atoms with van der Waals surface area (Å²) in [7, 11) is 0. The number of nitrogens with one attached hydrogen (secondary N) is 1. The van der Waals surface area contributed by atoms with Crippen molar-refractivity contribution in [2.75, 3.05) is 25.0 Å². The molecule has 26 heavy (non-hydrogen) atoms. The molecule has 0 amide bonds. The van der Waals surface area contributed by atoms with Gasteiger partial charge in [-0.25, -0.2) is 0 Å². The minimum atomic E-state index is 0.672. The Hall–Kier alpha value is -2.41. The lowest BCUT2D eigenvalue weighted by atomic mass is 9.96. The number of hydrogen-bond acceptors (Lipinski definition) is 6. The van der Waals surface area contributed by atoms with E-state index >= 15 is 0 Å². The van der Waals surface area contributed by atoms with Crippen molar-refractivity contribution in [1.29, 1.82) is 0 Å². The number of fused-ring (bicyclic) bond motifs is 1. The van der Waals surface area contributed by atoms with Crippen LogP contribution in [0.5, 0.6) is 0 Å². The Kier molecular flexibility index (Phi) is 4.88. The molecule has 0 atom stereocenters. The number of aryl methyl sites for hydroxylation is 2. The smallest absolute Gasteiger partial charge is 0.200 e. The zero-order valence-electron chi connectivity index (χ0n) is 15.5. The summed E-state index contributed by atoms with van der Waals surface area (Å²) in [6, 6.07) is 6.22. The molecule has 4 rings (SSSR count). The lowest BCUT2D eigenvalue weighted by Crippen LogP contribution is -2.35. The van der Waals surface area contributed by atoms with Crippen molar-refractivity contribution in [3.63, 3.8) is 0 Å². The van der Waals surface area contributed by atoms with E-state index in [-0.39, 0.29) is 0 Å². The Morgan fingerprint density at radius 1 is 1.27 bits per heavy atom. The Balaban J connectivity index is 1.32. The van der Waals surface area contributed by atoms with E-state index in [2.05, 4.69) is 44.6 Å². The molecule has 3 aromatic rings. The highest BCUT2D eigenvalue weighted by atomic mass is 16.3. The summed E-state index contributed by atoms with van der Waals surface area (Å²) >= 11 is 0. The number of rotatable bonds is 6. The van der Waals surface area contributed by atoms with Crippen LogP contribution in [0.3, 0.4) is 0 Å². The van der Waals surface area contributed by atoms with Gasteiger partial charge in [-0.2, -0.15) is 9.61 Å². The van der Waals surface area contributed by atoms with Crippen molar-refractivity contribution >= 4 is 11.3 Å². The molecule has 1 N–H and O–H groups in total. The summed E-state index contributed by atoms with van der Waals surface area (Å²) in [5.41, 5.74) is 2.87. The lowest BCUT2D eigenvalue weighted by Gasteiger charge is -2.31. The molecular formula is C19H26N6O. The zero-order valence-corrected chi connectivity index (χ0v) is 15.5. The van der Waals surface area contributed by atoms with Gasteiger partial charge in [0.2, 0.25) is 5.65 Å². The van der Waals surface area contributed by atoms with Crippen molar-refractivity contribution in [2.45, 2.75) is 39.7 Å².